The van der Waals surface area contributed by atoms with E-state index in [4.69, 9.17) is 4.52 Å². The molecule has 0 spiro atoms. The number of aliphatic carboxylic acids is 1. The van der Waals surface area contributed by atoms with Crippen molar-refractivity contribution in [2.75, 3.05) is 0 Å². The van der Waals surface area contributed by atoms with Crippen LogP contribution in [0.25, 0.3) is 11.1 Å². The topological polar surface area (TPSA) is 105 Å². The lowest BCUT2D eigenvalue weighted by Crippen LogP contribution is -2.55. The number of carbonyl (C=O) groups is 2. The Balaban J connectivity index is 2.01. The molecule has 1 aliphatic rings. The summed E-state index contributed by atoms with van der Waals surface area (Å²) in [5.74, 6) is -1.64. The summed E-state index contributed by atoms with van der Waals surface area (Å²) in [4.78, 5) is 29.2. The van der Waals surface area contributed by atoms with Crippen molar-refractivity contribution in [3.63, 3.8) is 0 Å². The maximum absolute atomic E-state index is 13.1. The standard InChI is InChI=1S/C19H25N3O4/c1-10(2)14-9-12(15-11(3)22-26-17(15)20-14)16(23)21-19(4)8-6-5-7-13(19)18(24)25/h9-10,13H,5-8H2,1-4H3,(H,21,23)(H,24,25). The van der Waals surface area contributed by atoms with E-state index in [1.54, 1.807) is 13.0 Å². The first-order chi connectivity index (χ1) is 12.2. The monoisotopic (exact) mass is 359 g/mol. The molecule has 2 atom stereocenters. The Morgan fingerprint density at radius 3 is 2.77 bits per heavy atom. The van der Waals surface area contributed by atoms with Crippen molar-refractivity contribution in [1.82, 2.24) is 15.5 Å². The maximum Gasteiger partial charge on any atom is 0.308 e. The van der Waals surface area contributed by atoms with Crippen LogP contribution < -0.4 is 5.32 Å². The Labute approximate surface area is 152 Å². The van der Waals surface area contributed by atoms with Gasteiger partial charge in [-0.15, -0.1) is 0 Å². The van der Waals surface area contributed by atoms with Gasteiger partial charge < -0.3 is 14.9 Å². The number of pyridine rings is 1. The van der Waals surface area contributed by atoms with Gasteiger partial charge in [0.1, 0.15) is 0 Å². The van der Waals surface area contributed by atoms with Crippen LogP contribution in [0.1, 0.15) is 74.1 Å². The Morgan fingerprint density at radius 1 is 1.38 bits per heavy atom. The number of carbonyl (C=O) groups excluding carboxylic acids is 1. The second-order valence-corrected chi connectivity index (χ2v) is 7.71. The molecule has 140 valence electrons. The number of aryl methyl sites for hydroxylation is 1. The van der Waals surface area contributed by atoms with Crippen molar-refractivity contribution >= 4 is 23.0 Å². The molecular weight excluding hydrogens is 334 g/mol. The van der Waals surface area contributed by atoms with Gasteiger partial charge in [0.05, 0.1) is 28.1 Å². The van der Waals surface area contributed by atoms with Crippen molar-refractivity contribution in [2.45, 2.75) is 64.8 Å². The number of hydrogen-bond acceptors (Lipinski definition) is 5. The fourth-order valence-corrected chi connectivity index (χ4v) is 3.79. The van der Waals surface area contributed by atoms with Gasteiger partial charge in [0.15, 0.2) is 0 Å². The lowest BCUT2D eigenvalue weighted by molar-refractivity contribution is -0.145. The fraction of sp³-hybridized carbons (Fsp3) is 0.579. The van der Waals surface area contributed by atoms with E-state index >= 15 is 0 Å². The number of fused-ring (bicyclic) bond motifs is 1. The molecule has 26 heavy (non-hydrogen) atoms. The van der Waals surface area contributed by atoms with Crippen molar-refractivity contribution in [3.8, 4) is 0 Å². The number of carboxylic acids is 1. The molecule has 2 aromatic rings. The minimum Gasteiger partial charge on any atom is -0.481 e. The van der Waals surface area contributed by atoms with Crippen molar-refractivity contribution in [1.29, 1.82) is 0 Å². The van der Waals surface area contributed by atoms with E-state index in [2.05, 4.69) is 15.5 Å². The van der Waals surface area contributed by atoms with Gasteiger partial charge in [-0.3, -0.25) is 9.59 Å². The molecule has 0 aromatic carbocycles. The van der Waals surface area contributed by atoms with Crippen LogP contribution in [0.15, 0.2) is 10.6 Å². The highest BCUT2D eigenvalue weighted by molar-refractivity contribution is 6.06. The molecule has 3 rings (SSSR count). The number of rotatable bonds is 4. The highest BCUT2D eigenvalue weighted by atomic mass is 16.5. The first-order valence-corrected chi connectivity index (χ1v) is 9.05. The van der Waals surface area contributed by atoms with E-state index < -0.39 is 17.4 Å². The zero-order valence-electron chi connectivity index (χ0n) is 15.6. The van der Waals surface area contributed by atoms with Gasteiger partial charge in [0.2, 0.25) is 0 Å². The molecule has 0 aliphatic heterocycles. The summed E-state index contributed by atoms with van der Waals surface area (Å²) >= 11 is 0. The zero-order valence-corrected chi connectivity index (χ0v) is 15.6. The number of nitrogens with zero attached hydrogens (tertiary/aromatic N) is 2. The van der Waals surface area contributed by atoms with Crippen LogP contribution in [0, 0.1) is 12.8 Å². The molecule has 7 nitrogen and oxygen atoms in total. The minimum atomic E-state index is -0.864. The SMILES string of the molecule is Cc1noc2nc(C(C)C)cc(C(=O)NC3(C)CCCCC3C(=O)O)c12. The number of aromatic nitrogens is 2. The highest BCUT2D eigenvalue weighted by Gasteiger charge is 2.42. The van der Waals surface area contributed by atoms with Gasteiger partial charge in [0.25, 0.3) is 11.6 Å². The van der Waals surface area contributed by atoms with E-state index in [9.17, 15) is 14.7 Å². The Morgan fingerprint density at radius 2 is 2.12 bits per heavy atom. The Kier molecular flexibility index (Phi) is 4.73. The molecule has 0 bridgehead atoms. The predicted octanol–water partition coefficient (Wildman–Crippen LogP) is 3.42. The largest absolute Gasteiger partial charge is 0.481 e. The van der Waals surface area contributed by atoms with Gasteiger partial charge in [-0.05, 0) is 38.7 Å². The van der Waals surface area contributed by atoms with Gasteiger partial charge in [-0.2, -0.15) is 0 Å². The average molecular weight is 359 g/mol. The van der Waals surface area contributed by atoms with Crippen molar-refractivity contribution in [2.24, 2.45) is 5.92 Å². The fourth-order valence-electron chi connectivity index (χ4n) is 3.79. The van der Waals surface area contributed by atoms with Crippen LogP contribution in [0.5, 0.6) is 0 Å². The third-order valence-electron chi connectivity index (χ3n) is 5.38. The molecule has 1 saturated carbocycles. The third-order valence-corrected chi connectivity index (χ3v) is 5.38. The summed E-state index contributed by atoms with van der Waals surface area (Å²) in [7, 11) is 0. The van der Waals surface area contributed by atoms with Gasteiger partial charge in [-0.25, -0.2) is 4.98 Å². The third kappa shape index (κ3) is 3.18. The average Bonchev–Trinajstić information content (AvgIpc) is 2.95. The lowest BCUT2D eigenvalue weighted by Gasteiger charge is -2.39. The summed E-state index contributed by atoms with van der Waals surface area (Å²) in [5.41, 5.74) is 1.33. The van der Waals surface area contributed by atoms with E-state index in [0.29, 0.717) is 35.2 Å². The lowest BCUT2D eigenvalue weighted by atomic mass is 9.73. The first-order valence-electron chi connectivity index (χ1n) is 9.05. The van der Waals surface area contributed by atoms with Crippen LogP contribution >= 0.6 is 0 Å². The molecule has 7 heteroatoms. The molecule has 1 amide bonds. The van der Waals surface area contributed by atoms with Crippen LogP contribution in [0.4, 0.5) is 0 Å². The van der Waals surface area contributed by atoms with Crippen molar-refractivity contribution < 1.29 is 19.2 Å². The van der Waals surface area contributed by atoms with Crippen LogP contribution in [0.2, 0.25) is 0 Å². The van der Waals surface area contributed by atoms with E-state index in [-0.39, 0.29) is 11.8 Å². The van der Waals surface area contributed by atoms with Crippen LogP contribution in [0.3, 0.4) is 0 Å². The first kappa shape index (κ1) is 18.4. The summed E-state index contributed by atoms with van der Waals surface area (Å²) in [6, 6.07) is 1.76. The number of carboxylic acid groups (broad SMARTS) is 1. The summed E-state index contributed by atoms with van der Waals surface area (Å²) < 4.78 is 5.27. The summed E-state index contributed by atoms with van der Waals surface area (Å²) in [5, 5.41) is 17.1. The Bertz CT molecular complexity index is 858. The molecule has 2 aromatic heterocycles. The predicted molar refractivity (Wildman–Crippen MR) is 96.1 cm³/mol. The van der Waals surface area contributed by atoms with E-state index in [0.717, 1.165) is 18.5 Å². The molecular formula is C19H25N3O4. The molecule has 0 saturated heterocycles. The quantitative estimate of drug-likeness (QED) is 0.866. The van der Waals surface area contributed by atoms with Crippen LogP contribution in [-0.2, 0) is 4.79 Å². The zero-order chi connectivity index (χ0) is 19.1. The summed E-state index contributed by atoms with van der Waals surface area (Å²) in [6.07, 6.45) is 2.98. The number of hydrogen-bond donors (Lipinski definition) is 2. The van der Waals surface area contributed by atoms with Crippen LogP contribution in [-0.4, -0.2) is 32.7 Å². The summed E-state index contributed by atoms with van der Waals surface area (Å²) in [6.45, 7) is 7.57. The maximum atomic E-state index is 13.1. The van der Waals surface area contributed by atoms with E-state index in [1.165, 1.54) is 0 Å². The molecule has 1 aliphatic carbocycles. The second-order valence-electron chi connectivity index (χ2n) is 7.71. The van der Waals surface area contributed by atoms with Gasteiger partial charge in [-0.1, -0.05) is 31.8 Å². The van der Waals surface area contributed by atoms with Gasteiger partial charge in [0, 0.05) is 5.69 Å². The normalized spacial score (nSPS) is 23.3. The molecule has 0 radical (unpaired) electrons. The molecule has 2 N–H and O–H groups in total. The number of nitrogens with one attached hydrogen (secondary N) is 1. The molecule has 2 unspecified atom stereocenters. The molecule has 1 fully saturated rings. The van der Waals surface area contributed by atoms with Gasteiger partial charge >= 0.3 is 5.97 Å². The molecule has 2 heterocycles. The number of amides is 1. The van der Waals surface area contributed by atoms with E-state index in [1.807, 2.05) is 20.8 Å². The highest BCUT2D eigenvalue weighted by Crippen LogP contribution is 2.35. The minimum absolute atomic E-state index is 0.119. The second kappa shape index (κ2) is 6.70. The smallest absolute Gasteiger partial charge is 0.308 e. The Hall–Kier alpha value is -2.44. The van der Waals surface area contributed by atoms with Crippen molar-refractivity contribution in [3.05, 3.63) is 23.0 Å².